The second-order valence-corrected chi connectivity index (χ2v) is 11.6. The van der Waals surface area contributed by atoms with Crippen LogP contribution in [0.4, 0.5) is 0 Å². The van der Waals surface area contributed by atoms with E-state index in [1.54, 1.807) is 0 Å². The van der Waals surface area contributed by atoms with Crippen molar-refractivity contribution in [2.45, 2.75) is 1.05 Å². The quantitative estimate of drug-likeness (QED) is 0.435. The first-order valence-electron chi connectivity index (χ1n) is 0.756. The van der Waals surface area contributed by atoms with Gasteiger partial charge in [0, 0.05) is 21.1 Å². The fourth-order valence-electron chi connectivity index (χ4n) is 0. The average Bonchev–Trinajstić information content (AvgIpc) is 0.722. The molecular weight excluding hydrogens is 515 g/mol. The number of hydrogen-bond donors (Lipinski definition) is 0. The summed E-state index contributed by atoms with van der Waals surface area (Å²) in [5, 5.41) is 0. The molecule has 0 unspecified atom stereocenters. The molecule has 0 atom stereocenters. The molecule has 0 aromatic carbocycles. The summed E-state index contributed by atoms with van der Waals surface area (Å²) in [6, 6.07) is 0. The van der Waals surface area contributed by atoms with E-state index in [4.69, 9.17) is 0 Å². The van der Waals surface area contributed by atoms with Gasteiger partial charge in [-0.1, -0.05) is 0 Å². The zero-order chi connectivity index (χ0) is 4.50. The van der Waals surface area contributed by atoms with E-state index in [2.05, 4.69) is 63.7 Å². The molecule has 0 radical (unpaired) electrons. The van der Waals surface area contributed by atoms with Crippen LogP contribution in [0, 0.1) is 0 Å². The first kappa shape index (κ1) is 11.4. The van der Waals surface area contributed by atoms with Crippen LogP contribution in [-0.4, -0.2) is 1.05 Å². The van der Waals surface area contributed by atoms with Crippen molar-refractivity contribution >= 4 is 63.7 Å². The van der Waals surface area contributed by atoms with E-state index in [1.165, 1.54) is 0 Å². The third kappa shape index (κ3) is 30.6. The fourth-order valence-corrected chi connectivity index (χ4v) is 0. The van der Waals surface area contributed by atoms with Crippen molar-refractivity contribution in [2.24, 2.45) is 0 Å². The van der Waals surface area contributed by atoms with Crippen molar-refractivity contribution in [3.8, 4) is 0 Å². The van der Waals surface area contributed by atoms with Crippen molar-refractivity contribution in [2.75, 3.05) is 0 Å². The van der Waals surface area contributed by atoms with Crippen LogP contribution in [0.2, 0.25) is 0 Å². The third-order valence-electron chi connectivity index (χ3n) is 0. The SMILES string of the molecule is BrC(Br)(Br)Br.[W]. The Kier molecular flexibility index (Phi) is 8.53. The van der Waals surface area contributed by atoms with Gasteiger partial charge in [0.05, 0.1) is 0 Å². The van der Waals surface area contributed by atoms with Crippen LogP contribution >= 0.6 is 63.7 Å². The average molecular weight is 515 g/mol. The molecule has 0 spiro atoms. The molecule has 0 saturated carbocycles. The molecule has 0 aromatic rings. The minimum absolute atomic E-state index is 0. The first-order valence-corrected chi connectivity index (χ1v) is 3.93. The molecule has 0 bridgehead atoms. The molecule has 0 N–H and O–H groups in total. The summed E-state index contributed by atoms with van der Waals surface area (Å²) < 4.78 is -0.250. The molecule has 38 valence electrons. The van der Waals surface area contributed by atoms with E-state index < -0.39 is 0 Å². The summed E-state index contributed by atoms with van der Waals surface area (Å²) in [6.07, 6.45) is 0. The van der Waals surface area contributed by atoms with Gasteiger partial charge < -0.3 is 0 Å². The molecule has 0 heterocycles. The Hall–Kier alpha value is 2.61. The summed E-state index contributed by atoms with van der Waals surface area (Å²) in [5.74, 6) is 0. The van der Waals surface area contributed by atoms with Crippen LogP contribution in [0.25, 0.3) is 0 Å². The van der Waals surface area contributed by atoms with Crippen LogP contribution in [-0.2, 0) is 21.1 Å². The Morgan fingerprint density at radius 3 is 0.833 bits per heavy atom. The molecule has 0 aliphatic rings. The molecule has 0 aromatic heterocycles. The maximum Gasteiger partial charge on any atom is 0.189 e. The van der Waals surface area contributed by atoms with Gasteiger partial charge in [-0.15, -0.1) is 0 Å². The zero-order valence-electron chi connectivity index (χ0n) is 2.42. The van der Waals surface area contributed by atoms with E-state index in [9.17, 15) is 0 Å². The maximum absolute atomic E-state index is 3.12. The minimum Gasteiger partial charge on any atom is -0.0471 e. The van der Waals surface area contributed by atoms with Crippen LogP contribution in [0.3, 0.4) is 0 Å². The molecule has 5 heteroatoms. The molecule has 0 nitrogen and oxygen atoms in total. The van der Waals surface area contributed by atoms with Crippen molar-refractivity contribution < 1.29 is 21.1 Å². The number of alkyl halides is 4. The molecule has 0 aliphatic heterocycles. The monoisotopic (exact) mass is 512 g/mol. The van der Waals surface area contributed by atoms with E-state index in [0.29, 0.717) is 0 Å². The summed E-state index contributed by atoms with van der Waals surface area (Å²) in [5.41, 5.74) is 0. The van der Waals surface area contributed by atoms with Crippen molar-refractivity contribution in [1.29, 1.82) is 0 Å². The van der Waals surface area contributed by atoms with Crippen LogP contribution < -0.4 is 0 Å². The van der Waals surface area contributed by atoms with E-state index in [1.807, 2.05) is 0 Å². The molecule has 0 saturated heterocycles. The van der Waals surface area contributed by atoms with Gasteiger partial charge in [0.15, 0.2) is 1.05 Å². The van der Waals surface area contributed by atoms with Gasteiger partial charge in [0.1, 0.15) is 0 Å². The van der Waals surface area contributed by atoms with E-state index in [-0.39, 0.29) is 22.1 Å². The number of halogens is 4. The summed E-state index contributed by atoms with van der Waals surface area (Å²) >= 11 is 12.5. The van der Waals surface area contributed by atoms with Crippen LogP contribution in [0.1, 0.15) is 0 Å². The second-order valence-electron chi connectivity index (χ2n) is 0.429. The molecule has 6 heavy (non-hydrogen) atoms. The van der Waals surface area contributed by atoms with Gasteiger partial charge >= 0.3 is 0 Å². The van der Waals surface area contributed by atoms with Crippen molar-refractivity contribution in [3.63, 3.8) is 0 Å². The molecule has 0 rings (SSSR count). The van der Waals surface area contributed by atoms with E-state index >= 15 is 0 Å². The van der Waals surface area contributed by atoms with Gasteiger partial charge in [0.25, 0.3) is 0 Å². The number of rotatable bonds is 0. The summed E-state index contributed by atoms with van der Waals surface area (Å²) in [4.78, 5) is 0. The minimum atomic E-state index is -0.250. The maximum atomic E-state index is 3.12. The predicted molar refractivity (Wildman–Crippen MR) is 38.4 cm³/mol. The van der Waals surface area contributed by atoms with Gasteiger partial charge in [-0.2, -0.15) is 0 Å². The largest absolute Gasteiger partial charge is 0.189 e. The number of hydrogen-bond acceptors (Lipinski definition) is 0. The van der Waals surface area contributed by atoms with Crippen molar-refractivity contribution in [1.82, 2.24) is 0 Å². The molecule has 0 fully saturated rings. The predicted octanol–water partition coefficient (Wildman–Crippen LogP) is 3.17. The smallest absolute Gasteiger partial charge is 0.0471 e. The topological polar surface area (TPSA) is 0 Å². The summed E-state index contributed by atoms with van der Waals surface area (Å²) in [6.45, 7) is 0. The molecular formula is CBr4W. The van der Waals surface area contributed by atoms with Crippen LogP contribution in [0.15, 0.2) is 0 Å². The van der Waals surface area contributed by atoms with Crippen LogP contribution in [0.5, 0.6) is 0 Å². The zero-order valence-corrected chi connectivity index (χ0v) is 11.7. The molecule has 0 amide bonds. The normalized spacial score (nSPS) is 10.0. The Bertz CT molecular complexity index is 23.0. The third-order valence-corrected chi connectivity index (χ3v) is 0. The van der Waals surface area contributed by atoms with Crippen molar-refractivity contribution in [3.05, 3.63) is 0 Å². The molecule has 0 aliphatic carbocycles. The first-order chi connectivity index (χ1) is 2.00. The van der Waals surface area contributed by atoms with Gasteiger partial charge in [-0.3, -0.25) is 0 Å². The Labute approximate surface area is 84.6 Å². The van der Waals surface area contributed by atoms with Gasteiger partial charge in [-0.25, -0.2) is 0 Å². The van der Waals surface area contributed by atoms with E-state index in [0.717, 1.165) is 0 Å². The second kappa shape index (κ2) is 4.48. The fraction of sp³-hybridized carbons (Fsp3) is 1.00. The Balaban J connectivity index is 0. The standard InChI is InChI=1S/CBr4.W/c2-1(3,4)5;. The van der Waals surface area contributed by atoms with Gasteiger partial charge in [-0.05, 0) is 63.7 Å². The Morgan fingerprint density at radius 2 is 0.833 bits per heavy atom. The van der Waals surface area contributed by atoms with Gasteiger partial charge in [0.2, 0.25) is 0 Å². The Morgan fingerprint density at radius 1 is 0.833 bits per heavy atom. The summed E-state index contributed by atoms with van der Waals surface area (Å²) in [7, 11) is 0.